The second kappa shape index (κ2) is 12.5. The Hall–Kier alpha value is -3.99. The predicted octanol–water partition coefficient (Wildman–Crippen LogP) is 5.36. The zero-order valence-electron chi connectivity index (χ0n) is 22.3. The zero-order valence-corrected chi connectivity index (χ0v) is 23.9. The van der Waals surface area contributed by atoms with Crippen molar-refractivity contribution in [1.29, 1.82) is 0 Å². The summed E-state index contributed by atoms with van der Waals surface area (Å²) in [6.07, 6.45) is 0. The van der Waals surface area contributed by atoms with Gasteiger partial charge in [0, 0.05) is 18.8 Å². The van der Waals surface area contributed by atoms with Crippen LogP contribution in [0.5, 0.6) is 0 Å². The molecule has 40 heavy (non-hydrogen) atoms. The van der Waals surface area contributed by atoms with E-state index in [-0.39, 0.29) is 27.6 Å². The van der Waals surface area contributed by atoms with Gasteiger partial charge in [0.2, 0.25) is 10.0 Å². The highest BCUT2D eigenvalue weighted by molar-refractivity contribution is 7.92. The molecule has 0 fully saturated rings. The van der Waals surface area contributed by atoms with Gasteiger partial charge in [0.1, 0.15) is 0 Å². The molecule has 4 aromatic carbocycles. The summed E-state index contributed by atoms with van der Waals surface area (Å²) in [5.74, 6) is -0.531. The molecular weight excluding hydrogens is 546 g/mol. The van der Waals surface area contributed by atoms with Crippen LogP contribution in [0, 0.1) is 0 Å². The minimum Gasteiger partial charge on any atom is -0.322 e. The van der Waals surface area contributed by atoms with E-state index in [2.05, 4.69) is 5.32 Å². The first-order chi connectivity index (χ1) is 19.2. The fraction of sp³-hybridized carbons (Fsp3) is 0.167. The summed E-state index contributed by atoms with van der Waals surface area (Å²) in [5, 5.41) is 2.78. The van der Waals surface area contributed by atoms with Crippen LogP contribution in [0.1, 0.15) is 29.8 Å². The van der Waals surface area contributed by atoms with Gasteiger partial charge >= 0.3 is 0 Å². The number of nitrogens with zero attached hydrogens (tertiary/aromatic N) is 2. The van der Waals surface area contributed by atoms with Crippen LogP contribution in [-0.2, 0) is 26.6 Å². The van der Waals surface area contributed by atoms with Crippen LogP contribution >= 0.6 is 0 Å². The van der Waals surface area contributed by atoms with Gasteiger partial charge in [-0.1, -0.05) is 74.5 Å². The van der Waals surface area contributed by atoms with Gasteiger partial charge in [-0.2, -0.15) is 4.31 Å². The number of sulfonamides is 2. The lowest BCUT2D eigenvalue weighted by Gasteiger charge is -2.26. The maximum Gasteiger partial charge on any atom is 0.264 e. The second-order valence-electron chi connectivity index (χ2n) is 8.90. The highest BCUT2D eigenvalue weighted by Gasteiger charge is 2.29. The molecule has 4 aromatic rings. The first-order valence-electron chi connectivity index (χ1n) is 12.8. The predicted molar refractivity (Wildman–Crippen MR) is 157 cm³/mol. The molecule has 8 nitrogen and oxygen atoms in total. The van der Waals surface area contributed by atoms with Gasteiger partial charge in [0.05, 0.1) is 27.6 Å². The molecule has 0 unspecified atom stereocenters. The zero-order chi connectivity index (χ0) is 28.8. The maximum atomic E-state index is 13.8. The molecular formula is C30H31N3O5S2. The lowest BCUT2D eigenvalue weighted by atomic mass is 10.1. The van der Waals surface area contributed by atoms with E-state index in [0.29, 0.717) is 18.8 Å². The van der Waals surface area contributed by atoms with Crippen LogP contribution in [0.4, 0.5) is 11.4 Å². The minimum absolute atomic E-state index is 0.0142. The van der Waals surface area contributed by atoms with Crippen LogP contribution < -0.4 is 9.62 Å². The van der Waals surface area contributed by atoms with Gasteiger partial charge in [-0.25, -0.2) is 16.8 Å². The van der Waals surface area contributed by atoms with Crippen LogP contribution in [0.25, 0.3) is 0 Å². The molecule has 0 aliphatic carbocycles. The van der Waals surface area contributed by atoms with E-state index >= 15 is 0 Å². The lowest BCUT2D eigenvalue weighted by molar-refractivity contribution is 0.102. The fourth-order valence-electron chi connectivity index (χ4n) is 4.27. The number of carbonyl (C=O) groups is 1. The SMILES string of the molecule is CCN(CC)S(=O)(=O)c1ccc(NC(=O)c2ccccc2N(Cc2ccccc2)S(=O)(=O)c2ccccc2)cc1. The molecule has 0 saturated heterocycles. The summed E-state index contributed by atoms with van der Waals surface area (Å²) in [4.78, 5) is 13.7. The average molecular weight is 578 g/mol. The summed E-state index contributed by atoms with van der Waals surface area (Å²) < 4.78 is 55.9. The monoisotopic (exact) mass is 577 g/mol. The highest BCUT2D eigenvalue weighted by Crippen LogP contribution is 2.30. The number of para-hydroxylation sites is 1. The van der Waals surface area contributed by atoms with Crippen molar-refractivity contribution in [2.75, 3.05) is 22.7 Å². The molecule has 1 amide bonds. The van der Waals surface area contributed by atoms with Crippen molar-refractivity contribution >= 4 is 37.3 Å². The summed E-state index contributed by atoms with van der Waals surface area (Å²) in [5.41, 5.74) is 1.49. The Bertz CT molecular complexity index is 1660. The van der Waals surface area contributed by atoms with Crippen LogP contribution in [-0.4, -0.2) is 40.1 Å². The van der Waals surface area contributed by atoms with Crippen molar-refractivity contribution in [3.63, 3.8) is 0 Å². The topological polar surface area (TPSA) is 104 Å². The Kier molecular flexibility index (Phi) is 9.03. The molecule has 1 N–H and O–H groups in total. The smallest absolute Gasteiger partial charge is 0.264 e. The quantitative estimate of drug-likeness (QED) is 0.258. The van der Waals surface area contributed by atoms with Crippen molar-refractivity contribution in [3.05, 3.63) is 120 Å². The Morgan fingerprint density at radius 3 is 1.77 bits per heavy atom. The molecule has 0 saturated carbocycles. The molecule has 0 atom stereocenters. The van der Waals surface area contributed by atoms with Gasteiger partial charge in [0.25, 0.3) is 15.9 Å². The average Bonchev–Trinajstić information content (AvgIpc) is 2.97. The summed E-state index contributed by atoms with van der Waals surface area (Å²) in [6, 6.07) is 29.6. The number of rotatable bonds is 11. The van der Waals surface area contributed by atoms with E-state index in [1.165, 1.54) is 45.0 Å². The molecule has 0 aliphatic rings. The number of nitrogens with one attached hydrogen (secondary N) is 1. The van der Waals surface area contributed by atoms with Gasteiger partial charge in [-0.15, -0.1) is 0 Å². The fourth-order valence-corrected chi connectivity index (χ4v) is 7.22. The third kappa shape index (κ3) is 6.25. The lowest BCUT2D eigenvalue weighted by Crippen LogP contribution is -2.32. The number of amides is 1. The Morgan fingerprint density at radius 2 is 1.18 bits per heavy atom. The number of benzene rings is 4. The molecule has 10 heteroatoms. The minimum atomic E-state index is -4.03. The first-order valence-corrected chi connectivity index (χ1v) is 15.7. The molecule has 0 aliphatic heterocycles. The Labute approximate surface area is 236 Å². The summed E-state index contributed by atoms with van der Waals surface area (Å²) in [7, 11) is -7.68. The van der Waals surface area contributed by atoms with E-state index < -0.39 is 26.0 Å². The van der Waals surface area contributed by atoms with E-state index in [4.69, 9.17) is 0 Å². The number of anilines is 2. The van der Waals surface area contributed by atoms with Crippen LogP contribution in [0.15, 0.2) is 119 Å². The maximum absolute atomic E-state index is 13.8. The van der Waals surface area contributed by atoms with E-state index in [9.17, 15) is 21.6 Å². The third-order valence-electron chi connectivity index (χ3n) is 6.37. The number of carbonyl (C=O) groups excluding carboxylic acids is 1. The van der Waals surface area contributed by atoms with Crippen LogP contribution in [0.2, 0.25) is 0 Å². The van der Waals surface area contributed by atoms with E-state index in [0.717, 1.165) is 5.56 Å². The third-order valence-corrected chi connectivity index (χ3v) is 10.2. The number of hydrogen-bond acceptors (Lipinski definition) is 5. The highest BCUT2D eigenvalue weighted by atomic mass is 32.2. The standard InChI is InChI=1S/C30H31N3O5S2/c1-3-32(4-2)39(35,36)27-21-19-25(20-22-27)31-30(34)28-17-11-12-18-29(28)33(23-24-13-7-5-8-14-24)40(37,38)26-15-9-6-10-16-26/h5-22H,3-4,23H2,1-2H3,(H,31,34). The molecule has 0 bridgehead atoms. The van der Waals surface area contributed by atoms with Crippen LogP contribution in [0.3, 0.4) is 0 Å². The molecule has 208 valence electrons. The van der Waals surface area contributed by atoms with Crippen molar-refractivity contribution in [2.45, 2.75) is 30.2 Å². The van der Waals surface area contributed by atoms with Gasteiger partial charge < -0.3 is 5.32 Å². The van der Waals surface area contributed by atoms with Gasteiger partial charge in [-0.05, 0) is 54.1 Å². The van der Waals surface area contributed by atoms with Crippen molar-refractivity contribution in [1.82, 2.24) is 4.31 Å². The van der Waals surface area contributed by atoms with Gasteiger partial charge in [-0.3, -0.25) is 9.10 Å². The summed E-state index contributed by atoms with van der Waals surface area (Å²) >= 11 is 0. The second-order valence-corrected chi connectivity index (χ2v) is 12.7. The Morgan fingerprint density at radius 1 is 0.650 bits per heavy atom. The molecule has 0 aromatic heterocycles. The molecule has 0 radical (unpaired) electrons. The molecule has 0 heterocycles. The van der Waals surface area contributed by atoms with Crippen molar-refractivity contribution in [2.24, 2.45) is 0 Å². The molecule has 0 spiro atoms. The first kappa shape index (κ1) is 29.0. The van der Waals surface area contributed by atoms with Crippen molar-refractivity contribution < 1.29 is 21.6 Å². The number of hydrogen-bond donors (Lipinski definition) is 1. The molecule has 4 rings (SSSR count). The summed E-state index contributed by atoms with van der Waals surface area (Å²) in [6.45, 7) is 4.25. The van der Waals surface area contributed by atoms with Crippen molar-refractivity contribution in [3.8, 4) is 0 Å². The van der Waals surface area contributed by atoms with Gasteiger partial charge in [0.15, 0.2) is 0 Å². The van der Waals surface area contributed by atoms with E-state index in [1.807, 2.05) is 30.3 Å². The Balaban J connectivity index is 1.68. The van der Waals surface area contributed by atoms with E-state index in [1.54, 1.807) is 56.3 Å². The largest absolute Gasteiger partial charge is 0.322 e. The normalized spacial score (nSPS) is 11.8.